The number of hydrogen-bond donors (Lipinski definition) is 1. The van der Waals surface area contributed by atoms with Gasteiger partial charge >= 0.3 is 0 Å². The largest absolute Gasteiger partial charge is 0.468 e. The Bertz CT molecular complexity index is 241. The van der Waals surface area contributed by atoms with Crippen LogP contribution in [0.25, 0.3) is 0 Å². The summed E-state index contributed by atoms with van der Waals surface area (Å²) in [7, 11) is 0. The monoisotopic (exact) mass is 193 g/mol. The normalized spacial score (nSPS) is 12.6. The van der Waals surface area contributed by atoms with E-state index >= 15 is 0 Å². The topological polar surface area (TPSA) is 25.2 Å². The zero-order valence-corrected chi connectivity index (χ0v) is 8.83. The van der Waals surface area contributed by atoms with Crippen molar-refractivity contribution in [1.29, 1.82) is 0 Å². The molecule has 0 aliphatic rings. The third kappa shape index (κ3) is 3.79. The quantitative estimate of drug-likeness (QED) is 0.673. The van der Waals surface area contributed by atoms with Gasteiger partial charge in [0.1, 0.15) is 5.76 Å². The van der Waals surface area contributed by atoms with Crippen molar-refractivity contribution in [3.05, 3.63) is 36.8 Å². The maximum absolute atomic E-state index is 5.25. The molecule has 1 atom stereocenters. The maximum atomic E-state index is 5.25. The lowest BCUT2D eigenvalue weighted by molar-refractivity contribution is 0.422. The summed E-state index contributed by atoms with van der Waals surface area (Å²) in [6, 6.07) is 4.48. The zero-order chi connectivity index (χ0) is 10.2. The molecule has 1 rings (SSSR count). The molecule has 0 aliphatic carbocycles. The van der Waals surface area contributed by atoms with Crippen LogP contribution in [0, 0.1) is 0 Å². The van der Waals surface area contributed by atoms with Gasteiger partial charge in [0.15, 0.2) is 0 Å². The molecule has 0 bridgehead atoms. The van der Waals surface area contributed by atoms with Gasteiger partial charge in [0.05, 0.1) is 12.8 Å². The van der Waals surface area contributed by atoms with E-state index < -0.39 is 0 Å². The van der Waals surface area contributed by atoms with E-state index in [1.54, 1.807) is 6.26 Å². The molecule has 0 fully saturated rings. The molecule has 78 valence electrons. The number of furan rings is 1. The lowest BCUT2D eigenvalue weighted by atomic mass is 10.1. The first kappa shape index (κ1) is 11.1. The van der Waals surface area contributed by atoms with E-state index in [9.17, 15) is 0 Å². The molecule has 1 aromatic rings. The summed E-state index contributed by atoms with van der Waals surface area (Å²) in [5.74, 6) is 1.00. The minimum Gasteiger partial charge on any atom is -0.468 e. The molecule has 1 aromatic heterocycles. The van der Waals surface area contributed by atoms with E-state index in [0.717, 1.165) is 31.6 Å². The molecule has 0 amide bonds. The van der Waals surface area contributed by atoms with Crippen molar-refractivity contribution in [2.75, 3.05) is 0 Å². The Hall–Kier alpha value is -1.02. The average molecular weight is 193 g/mol. The molecule has 0 aromatic carbocycles. The first-order valence-electron chi connectivity index (χ1n) is 5.23. The second kappa shape index (κ2) is 6.44. The van der Waals surface area contributed by atoms with Crippen LogP contribution in [0.2, 0.25) is 0 Å². The standard InChI is InChI=1S/C12H19NO/c1-3-5-7-11(4-2)13-10-12-8-6-9-14-12/h3,6,8-9,11,13H,1,4-5,7,10H2,2H3. The number of rotatable bonds is 7. The molecule has 0 aliphatic heterocycles. The van der Waals surface area contributed by atoms with E-state index in [0.29, 0.717) is 6.04 Å². The summed E-state index contributed by atoms with van der Waals surface area (Å²) >= 11 is 0. The number of nitrogens with one attached hydrogen (secondary N) is 1. The first-order chi connectivity index (χ1) is 6.86. The van der Waals surface area contributed by atoms with Gasteiger partial charge in [-0.15, -0.1) is 6.58 Å². The SMILES string of the molecule is C=CCCC(CC)NCc1ccco1. The fraction of sp³-hybridized carbons (Fsp3) is 0.500. The number of allylic oxidation sites excluding steroid dienone is 1. The summed E-state index contributed by atoms with van der Waals surface area (Å²) < 4.78 is 5.25. The molecule has 2 nitrogen and oxygen atoms in total. The zero-order valence-electron chi connectivity index (χ0n) is 8.83. The lowest BCUT2D eigenvalue weighted by Gasteiger charge is -2.14. The van der Waals surface area contributed by atoms with E-state index in [1.807, 2.05) is 18.2 Å². The molecule has 0 radical (unpaired) electrons. The molecule has 1 heterocycles. The van der Waals surface area contributed by atoms with Crippen LogP contribution in [0.5, 0.6) is 0 Å². The Morgan fingerprint density at radius 1 is 1.64 bits per heavy atom. The van der Waals surface area contributed by atoms with Crippen LogP contribution in [0.15, 0.2) is 35.5 Å². The van der Waals surface area contributed by atoms with Crippen molar-refractivity contribution < 1.29 is 4.42 Å². The van der Waals surface area contributed by atoms with Gasteiger partial charge in [-0.25, -0.2) is 0 Å². The molecule has 2 heteroatoms. The summed E-state index contributed by atoms with van der Waals surface area (Å²) in [4.78, 5) is 0. The molecule has 0 saturated heterocycles. The summed E-state index contributed by atoms with van der Waals surface area (Å²) in [6.07, 6.45) is 7.05. The minimum atomic E-state index is 0.568. The third-order valence-electron chi connectivity index (χ3n) is 2.36. The molecular formula is C12H19NO. The fourth-order valence-electron chi connectivity index (χ4n) is 1.43. The van der Waals surface area contributed by atoms with Crippen molar-refractivity contribution in [2.24, 2.45) is 0 Å². The van der Waals surface area contributed by atoms with Gasteiger partial charge in [-0.05, 0) is 31.4 Å². The van der Waals surface area contributed by atoms with Gasteiger partial charge in [0.25, 0.3) is 0 Å². The fourth-order valence-corrected chi connectivity index (χ4v) is 1.43. The Kier molecular flexibility index (Phi) is 5.08. The van der Waals surface area contributed by atoms with Crippen molar-refractivity contribution >= 4 is 0 Å². The van der Waals surface area contributed by atoms with Crippen LogP contribution >= 0.6 is 0 Å². The van der Waals surface area contributed by atoms with Crippen molar-refractivity contribution in [1.82, 2.24) is 5.32 Å². The average Bonchev–Trinajstić information content (AvgIpc) is 2.71. The van der Waals surface area contributed by atoms with E-state index in [2.05, 4.69) is 18.8 Å². The van der Waals surface area contributed by atoms with Crippen LogP contribution in [0.4, 0.5) is 0 Å². The van der Waals surface area contributed by atoms with Gasteiger partial charge in [-0.3, -0.25) is 0 Å². The van der Waals surface area contributed by atoms with Gasteiger partial charge in [0, 0.05) is 6.04 Å². The van der Waals surface area contributed by atoms with Crippen LogP contribution in [0.3, 0.4) is 0 Å². The molecular weight excluding hydrogens is 174 g/mol. The molecule has 14 heavy (non-hydrogen) atoms. The predicted octanol–water partition coefficient (Wildman–Crippen LogP) is 3.11. The molecule has 0 saturated carbocycles. The van der Waals surface area contributed by atoms with E-state index in [-0.39, 0.29) is 0 Å². The van der Waals surface area contributed by atoms with Crippen molar-refractivity contribution in [3.63, 3.8) is 0 Å². The molecule has 1 N–H and O–H groups in total. The maximum Gasteiger partial charge on any atom is 0.117 e. The van der Waals surface area contributed by atoms with Gasteiger partial charge < -0.3 is 9.73 Å². The van der Waals surface area contributed by atoms with Crippen LogP contribution < -0.4 is 5.32 Å². The van der Waals surface area contributed by atoms with Crippen molar-refractivity contribution in [2.45, 2.75) is 38.8 Å². The Morgan fingerprint density at radius 3 is 3.07 bits per heavy atom. The third-order valence-corrected chi connectivity index (χ3v) is 2.36. The Labute approximate surface area is 86.0 Å². The minimum absolute atomic E-state index is 0.568. The van der Waals surface area contributed by atoms with Gasteiger partial charge in [-0.1, -0.05) is 13.0 Å². The summed E-state index contributed by atoms with van der Waals surface area (Å²) in [5, 5.41) is 3.47. The number of hydrogen-bond acceptors (Lipinski definition) is 2. The second-order valence-electron chi connectivity index (χ2n) is 3.43. The highest BCUT2D eigenvalue weighted by atomic mass is 16.3. The van der Waals surface area contributed by atoms with Crippen LogP contribution in [0.1, 0.15) is 31.9 Å². The smallest absolute Gasteiger partial charge is 0.117 e. The lowest BCUT2D eigenvalue weighted by Crippen LogP contribution is -2.27. The van der Waals surface area contributed by atoms with Crippen LogP contribution in [-0.2, 0) is 6.54 Å². The highest BCUT2D eigenvalue weighted by molar-refractivity contribution is 4.97. The van der Waals surface area contributed by atoms with Gasteiger partial charge in [0.2, 0.25) is 0 Å². The van der Waals surface area contributed by atoms with Crippen LogP contribution in [-0.4, -0.2) is 6.04 Å². The second-order valence-corrected chi connectivity index (χ2v) is 3.43. The molecule has 1 unspecified atom stereocenters. The van der Waals surface area contributed by atoms with Gasteiger partial charge in [-0.2, -0.15) is 0 Å². The molecule has 0 spiro atoms. The first-order valence-corrected chi connectivity index (χ1v) is 5.23. The van der Waals surface area contributed by atoms with Crippen molar-refractivity contribution in [3.8, 4) is 0 Å². The Balaban J connectivity index is 2.23. The predicted molar refractivity (Wildman–Crippen MR) is 59.1 cm³/mol. The van der Waals surface area contributed by atoms with E-state index in [4.69, 9.17) is 4.42 Å². The summed E-state index contributed by atoms with van der Waals surface area (Å²) in [5.41, 5.74) is 0. The highest BCUT2D eigenvalue weighted by Gasteiger charge is 2.04. The Morgan fingerprint density at radius 2 is 2.50 bits per heavy atom. The van der Waals surface area contributed by atoms with E-state index in [1.165, 1.54) is 0 Å². The highest BCUT2D eigenvalue weighted by Crippen LogP contribution is 2.05. The summed E-state index contributed by atoms with van der Waals surface area (Å²) in [6.45, 7) is 6.75.